The zero-order valence-electron chi connectivity index (χ0n) is 13.2. The number of phenols is 1. The first-order chi connectivity index (χ1) is 12.1. The molecule has 0 aliphatic carbocycles. The van der Waals surface area contributed by atoms with Crippen molar-refractivity contribution in [1.82, 2.24) is 19.7 Å². The van der Waals surface area contributed by atoms with Crippen molar-refractivity contribution in [2.75, 3.05) is 5.43 Å². The molecule has 2 aromatic heterocycles. The highest BCUT2D eigenvalue weighted by molar-refractivity contribution is 9.10. The minimum Gasteiger partial charge on any atom is -0.507 e. The number of hydrogen-bond acceptors (Lipinski definition) is 6. The lowest BCUT2D eigenvalue weighted by molar-refractivity contribution is 0.474. The van der Waals surface area contributed by atoms with Crippen LogP contribution in [0.3, 0.4) is 0 Å². The average molecular weight is 397 g/mol. The molecule has 0 atom stereocenters. The number of halogens is 1. The van der Waals surface area contributed by atoms with E-state index in [1.54, 1.807) is 18.2 Å². The summed E-state index contributed by atoms with van der Waals surface area (Å²) in [6.07, 6.45) is 1.50. The molecule has 0 aliphatic rings. The highest BCUT2D eigenvalue weighted by Gasteiger charge is 2.12. The van der Waals surface area contributed by atoms with Gasteiger partial charge in [-0.2, -0.15) is 10.1 Å². The van der Waals surface area contributed by atoms with Crippen LogP contribution >= 0.6 is 15.9 Å². The van der Waals surface area contributed by atoms with E-state index in [1.165, 1.54) is 6.21 Å². The fraction of sp³-hybridized carbons (Fsp3) is 0.0588. The molecule has 0 amide bonds. The van der Waals surface area contributed by atoms with Crippen molar-refractivity contribution < 1.29 is 5.11 Å². The van der Waals surface area contributed by atoms with E-state index < -0.39 is 0 Å². The van der Waals surface area contributed by atoms with Crippen LogP contribution in [0.4, 0.5) is 5.95 Å². The van der Waals surface area contributed by atoms with Crippen LogP contribution in [-0.2, 0) is 7.05 Å². The number of nitrogens with zero attached hydrogens (tertiary/aromatic N) is 5. The van der Waals surface area contributed by atoms with E-state index in [-0.39, 0.29) is 11.7 Å². The van der Waals surface area contributed by atoms with Crippen LogP contribution in [-0.4, -0.2) is 31.1 Å². The van der Waals surface area contributed by atoms with Gasteiger partial charge in [-0.15, -0.1) is 10.2 Å². The minimum absolute atomic E-state index is 0.154. The third kappa shape index (κ3) is 2.80. The third-order valence-corrected chi connectivity index (χ3v) is 4.36. The molecule has 7 nitrogen and oxygen atoms in total. The van der Waals surface area contributed by atoms with Gasteiger partial charge >= 0.3 is 0 Å². The summed E-state index contributed by atoms with van der Waals surface area (Å²) < 4.78 is 2.94. The SMILES string of the molecule is Cn1c2ccc(Br)cc2c2nnc(N/N=C\c3ccccc3O)nc21. The number of aromatic hydroxyl groups is 1. The van der Waals surface area contributed by atoms with E-state index >= 15 is 0 Å². The predicted octanol–water partition coefficient (Wildman–Crippen LogP) is 3.43. The minimum atomic E-state index is 0.154. The molecular formula is C17H13BrN6O. The van der Waals surface area contributed by atoms with Crippen molar-refractivity contribution in [2.45, 2.75) is 0 Å². The van der Waals surface area contributed by atoms with Crippen LogP contribution in [0.15, 0.2) is 52.0 Å². The summed E-state index contributed by atoms with van der Waals surface area (Å²) >= 11 is 3.47. The maximum Gasteiger partial charge on any atom is 0.265 e. The van der Waals surface area contributed by atoms with Crippen LogP contribution in [0.1, 0.15) is 5.56 Å². The van der Waals surface area contributed by atoms with Crippen molar-refractivity contribution >= 4 is 50.2 Å². The largest absolute Gasteiger partial charge is 0.507 e. The van der Waals surface area contributed by atoms with Crippen molar-refractivity contribution in [3.8, 4) is 5.75 Å². The van der Waals surface area contributed by atoms with E-state index in [4.69, 9.17) is 0 Å². The highest BCUT2D eigenvalue weighted by Crippen LogP contribution is 2.28. The second-order valence-electron chi connectivity index (χ2n) is 5.46. The number of benzene rings is 2. The summed E-state index contributed by atoms with van der Waals surface area (Å²) in [4.78, 5) is 4.48. The van der Waals surface area contributed by atoms with Crippen molar-refractivity contribution in [2.24, 2.45) is 12.1 Å². The standard InChI is InChI=1S/C17H13BrN6O/c1-24-13-7-6-11(18)8-12(13)15-16(24)20-17(23-21-15)22-19-9-10-4-2-3-5-14(10)25/h2-9,25H,1H3,(H,20,22,23)/b19-9-. The molecule has 0 radical (unpaired) electrons. The van der Waals surface area contributed by atoms with Gasteiger partial charge < -0.3 is 9.67 Å². The smallest absolute Gasteiger partial charge is 0.265 e. The number of aryl methyl sites for hydroxylation is 1. The van der Waals surface area contributed by atoms with Crippen molar-refractivity contribution in [3.63, 3.8) is 0 Å². The number of fused-ring (bicyclic) bond motifs is 3. The van der Waals surface area contributed by atoms with Crippen LogP contribution in [0.2, 0.25) is 0 Å². The van der Waals surface area contributed by atoms with Gasteiger partial charge in [-0.25, -0.2) is 5.43 Å². The second-order valence-corrected chi connectivity index (χ2v) is 6.37. The molecule has 0 bridgehead atoms. The first-order valence-electron chi connectivity index (χ1n) is 7.49. The molecular weight excluding hydrogens is 384 g/mol. The van der Waals surface area contributed by atoms with Crippen LogP contribution < -0.4 is 5.43 Å². The van der Waals surface area contributed by atoms with Crippen LogP contribution in [0.5, 0.6) is 5.75 Å². The average Bonchev–Trinajstić information content (AvgIpc) is 2.88. The summed E-state index contributed by atoms with van der Waals surface area (Å²) in [5.74, 6) is 0.436. The molecule has 0 saturated heterocycles. The van der Waals surface area contributed by atoms with Crippen LogP contribution in [0.25, 0.3) is 22.1 Å². The summed E-state index contributed by atoms with van der Waals surface area (Å²) in [6, 6.07) is 12.9. The first-order valence-corrected chi connectivity index (χ1v) is 8.28. The topological polar surface area (TPSA) is 88.2 Å². The molecule has 0 fully saturated rings. The molecule has 2 heterocycles. The zero-order chi connectivity index (χ0) is 17.4. The molecule has 8 heteroatoms. The summed E-state index contributed by atoms with van der Waals surface area (Å²) in [7, 11) is 1.93. The Labute approximate surface area is 151 Å². The first kappa shape index (κ1) is 15.5. The fourth-order valence-corrected chi connectivity index (χ4v) is 3.00. The number of anilines is 1. The van der Waals surface area contributed by atoms with Crippen molar-refractivity contribution in [3.05, 3.63) is 52.5 Å². The lowest BCUT2D eigenvalue weighted by Crippen LogP contribution is -2.00. The Morgan fingerprint density at radius 1 is 1.20 bits per heavy atom. The van der Waals surface area contributed by atoms with Gasteiger partial charge in [0.1, 0.15) is 11.3 Å². The summed E-state index contributed by atoms with van der Waals surface area (Å²) in [6.45, 7) is 0. The molecule has 0 unspecified atom stereocenters. The van der Waals surface area contributed by atoms with Crippen LogP contribution in [0, 0.1) is 0 Å². The number of hydrogen-bond donors (Lipinski definition) is 2. The van der Waals surface area contributed by atoms with E-state index in [0.29, 0.717) is 11.2 Å². The Kier molecular flexibility index (Phi) is 3.81. The molecule has 0 saturated carbocycles. The second kappa shape index (κ2) is 6.14. The van der Waals surface area contributed by atoms with E-state index in [9.17, 15) is 5.11 Å². The highest BCUT2D eigenvalue weighted by atomic mass is 79.9. The molecule has 124 valence electrons. The summed E-state index contributed by atoms with van der Waals surface area (Å²) in [5.41, 5.74) is 5.81. The summed E-state index contributed by atoms with van der Waals surface area (Å²) in [5, 5.41) is 23.1. The van der Waals surface area contributed by atoms with Gasteiger partial charge in [-0.05, 0) is 30.3 Å². The van der Waals surface area contributed by atoms with Gasteiger partial charge in [0.2, 0.25) is 0 Å². The third-order valence-electron chi connectivity index (χ3n) is 3.87. The fourth-order valence-electron chi connectivity index (χ4n) is 2.63. The van der Waals surface area contributed by atoms with E-state index in [0.717, 1.165) is 20.9 Å². The van der Waals surface area contributed by atoms with Gasteiger partial charge in [0.15, 0.2) is 5.65 Å². The van der Waals surface area contributed by atoms with E-state index in [1.807, 2.05) is 35.9 Å². The van der Waals surface area contributed by atoms with Gasteiger partial charge in [0, 0.05) is 22.5 Å². The maximum atomic E-state index is 9.72. The Morgan fingerprint density at radius 2 is 2.04 bits per heavy atom. The molecule has 25 heavy (non-hydrogen) atoms. The zero-order valence-corrected chi connectivity index (χ0v) is 14.8. The Bertz CT molecular complexity index is 1120. The van der Waals surface area contributed by atoms with Gasteiger partial charge in [-0.1, -0.05) is 28.1 Å². The molecule has 4 aromatic rings. The number of para-hydroxylation sites is 1. The lowest BCUT2D eigenvalue weighted by Gasteiger charge is -2.00. The Hall–Kier alpha value is -3.00. The van der Waals surface area contributed by atoms with Gasteiger partial charge in [0.05, 0.1) is 11.7 Å². The van der Waals surface area contributed by atoms with E-state index in [2.05, 4.69) is 41.6 Å². The molecule has 0 aliphatic heterocycles. The number of rotatable bonds is 3. The van der Waals surface area contributed by atoms with Crippen molar-refractivity contribution in [1.29, 1.82) is 0 Å². The van der Waals surface area contributed by atoms with Gasteiger partial charge in [-0.3, -0.25) is 0 Å². The normalized spacial score (nSPS) is 11.6. The van der Waals surface area contributed by atoms with Gasteiger partial charge in [0.25, 0.3) is 5.95 Å². The number of nitrogens with one attached hydrogen (secondary N) is 1. The molecule has 0 spiro atoms. The molecule has 2 aromatic carbocycles. The molecule has 2 N–H and O–H groups in total. The number of phenolic OH excluding ortho intramolecular Hbond substituents is 1. The number of hydrazone groups is 1. The predicted molar refractivity (Wildman–Crippen MR) is 101 cm³/mol. The molecule has 4 rings (SSSR count). The monoisotopic (exact) mass is 396 g/mol. The Balaban J connectivity index is 1.69. The Morgan fingerprint density at radius 3 is 2.88 bits per heavy atom. The maximum absolute atomic E-state index is 9.72. The quantitative estimate of drug-likeness (QED) is 0.409. The number of aromatic nitrogens is 4. The lowest BCUT2D eigenvalue weighted by atomic mass is 10.2.